The number of nitrogens with zero attached hydrogens (tertiary/aromatic N) is 1. The van der Waals surface area contributed by atoms with Gasteiger partial charge in [0, 0.05) is 18.7 Å². The Morgan fingerprint density at radius 3 is 2.92 bits per heavy atom. The number of fused-ring (bicyclic) bond motifs is 1. The highest BCUT2D eigenvalue weighted by Gasteiger charge is 2.04. The predicted molar refractivity (Wildman–Crippen MR) is 105 cm³/mol. The maximum Gasteiger partial charge on any atom is 0.230 e. The molecule has 130 valence electrons. The van der Waals surface area contributed by atoms with Crippen LogP contribution in [0.5, 0.6) is 0 Å². The van der Waals surface area contributed by atoms with Gasteiger partial charge in [-0.15, -0.1) is 11.8 Å². The van der Waals surface area contributed by atoms with Gasteiger partial charge in [-0.2, -0.15) is 0 Å². The molecule has 1 aromatic heterocycles. The number of rotatable bonds is 8. The molecule has 1 heterocycles. The molecule has 2 N–H and O–H groups in total. The number of benzene rings is 2. The third-order valence-electron chi connectivity index (χ3n) is 3.94. The number of aromatic nitrogens is 2. The average Bonchev–Trinajstić information content (AvgIpc) is 3.02. The summed E-state index contributed by atoms with van der Waals surface area (Å²) in [6, 6.07) is 16.4. The Labute approximate surface area is 152 Å². The van der Waals surface area contributed by atoms with Gasteiger partial charge in [-0.1, -0.05) is 42.0 Å². The predicted octanol–water partition coefficient (Wildman–Crippen LogP) is 3.85. The van der Waals surface area contributed by atoms with Gasteiger partial charge in [-0.3, -0.25) is 4.79 Å². The number of aromatic amines is 1. The molecule has 0 unspecified atom stereocenters. The number of aryl methyl sites for hydroxylation is 2. The minimum absolute atomic E-state index is 0.0993. The molecule has 0 fully saturated rings. The van der Waals surface area contributed by atoms with Crippen LogP contribution in [0.25, 0.3) is 11.0 Å². The lowest BCUT2D eigenvalue weighted by Crippen LogP contribution is -2.26. The summed E-state index contributed by atoms with van der Waals surface area (Å²) >= 11 is 1.65. The van der Waals surface area contributed by atoms with Crippen molar-refractivity contribution < 1.29 is 4.79 Å². The van der Waals surface area contributed by atoms with E-state index in [-0.39, 0.29) is 5.91 Å². The quantitative estimate of drug-likeness (QED) is 0.605. The summed E-state index contributed by atoms with van der Waals surface area (Å²) in [6.45, 7) is 2.77. The van der Waals surface area contributed by atoms with E-state index in [9.17, 15) is 4.79 Å². The second-order valence-corrected chi connectivity index (χ2v) is 7.12. The number of hydrogen-bond donors (Lipinski definition) is 2. The third-order valence-corrected chi connectivity index (χ3v) is 4.94. The van der Waals surface area contributed by atoms with Crippen LogP contribution in [0.4, 0.5) is 0 Å². The van der Waals surface area contributed by atoms with Crippen LogP contribution in [-0.4, -0.2) is 28.2 Å². The van der Waals surface area contributed by atoms with Gasteiger partial charge in [0.1, 0.15) is 5.82 Å². The van der Waals surface area contributed by atoms with Gasteiger partial charge in [0.2, 0.25) is 5.91 Å². The zero-order valence-corrected chi connectivity index (χ0v) is 15.2. The Morgan fingerprint density at radius 2 is 2.08 bits per heavy atom. The molecule has 25 heavy (non-hydrogen) atoms. The number of thioether (sulfide) groups is 1. The molecule has 0 spiro atoms. The van der Waals surface area contributed by atoms with Crippen molar-refractivity contribution in [2.24, 2.45) is 0 Å². The average molecular weight is 353 g/mol. The van der Waals surface area contributed by atoms with Crippen LogP contribution in [0.2, 0.25) is 0 Å². The van der Waals surface area contributed by atoms with E-state index in [0.29, 0.717) is 12.3 Å². The molecule has 0 radical (unpaired) electrons. The molecule has 0 saturated carbocycles. The molecule has 0 aliphatic carbocycles. The second kappa shape index (κ2) is 8.72. The lowest BCUT2D eigenvalue weighted by atomic mass is 10.2. The van der Waals surface area contributed by atoms with E-state index in [4.69, 9.17) is 0 Å². The summed E-state index contributed by atoms with van der Waals surface area (Å²) in [6.07, 6.45) is 1.72. The Kier molecular flexibility index (Phi) is 6.12. The Hall–Kier alpha value is -2.27. The van der Waals surface area contributed by atoms with Gasteiger partial charge in [0.25, 0.3) is 0 Å². The number of imidazole rings is 1. The zero-order chi connectivity index (χ0) is 17.5. The van der Waals surface area contributed by atoms with Crippen molar-refractivity contribution in [1.29, 1.82) is 0 Å². The first-order valence-corrected chi connectivity index (χ1v) is 9.70. The molecule has 0 aliphatic heterocycles. The van der Waals surface area contributed by atoms with Crippen molar-refractivity contribution in [2.75, 3.05) is 12.3 Å². The number of amides is 1. The number of nitrogens with one attached hydrogen (secondary N) is 2. The first-order valence-electron chi connectivity index (χ1n) is 8.54. The summed E-state index contributed by atoms with van der Waals surface area (Å²) in [4.78, 5) is 19.8. The molecule has 1 amide bonds. The van der Waals surface area contributed by atoms with Crippen LogP contribution in [0, 0.1) is 6.92 Å². The van der Waals surface area contributed by atoms with Crippen LogP contribution in [-0.2, 0) is 17.0 Å². The molecule has 0 atom stereocenters. The van der Waals surface area contributed by atoms with Crippen molar-refractivity contribution in [1.82, 2.24) is 15.3 Å². The highest BCUT2D eigenvalue weighted by molar-refractivity contribution is 7.99. The molecule has 2 aromatic carbocycles. The van der Waals surface area contributed by atoms with E-state index in [1.165, 1.54) is 11.1 Å². The van der Waals surface area contributed by atoms with Gasteiger partial charge in [-0.25, -0.2) is 4.98 Å². The molecule has 0 bridgehead atoms. The zero-order valence-electron chi connectivity index (χ0n) is 14.4. The van der Waals surface area contributed by atoms with E-state index < -0.39 is 0 Å². The van der Waals surface area contributed by atoms with Crippen molar-refractivity contribution in [3.05, 3.63) is 65.5 Å². The number of H-pyrrole nitrogens is 1. The minimum atomic E-state index is 0.0993. The molecule has 0 aliphatic rings. The SMILES string of the molecule is Cc1cccc(CSCC(=O)NCCCc2nc3ccccc3[nH]2)c1. The maximum absolute atomic E-state index is 11.9. The van der Waals surface area contributed by atoms with Crippen LogP contribution in [0.3, 0.4) is 0 Å². The van der Waals surface area contributed by atoms with E-state index in [2.05, 4.69) is 46.5 Å². The van der Waals surface area contributed by atoms with E-state index >= 15 is 0 Å². The van der Waals surface area contributed by atoms with E-state index in [0.717, 1.165) is 35.5 Å². The van der Waals surface area contributed by atoms with Crippen LogP contribution in [0.1, 0.15) is 23.4 Å². The second-order valence-electron chi connectivity index (χ2n) is 6.14. The summed E-state index contributed by atoms with van der Waals surface area (Å²) < 4.78 is 0. The molecule has 5 heteroatoms. The Balaban J connectivity index is 1.32. The van der Waals surface area contributed by atoms with E-state index in [1.54, 1.807) is 11.8 Å². The largest absolute Gasteiger partial charge is 0.355 e. The summed E-state index contributed by atoms with van der Waals surface area (Å²) in [5.41, 5.74) is 4.58. The first-order chi connectivity index (χ1) is 12.2. The van der Waals surface area contributed by atoms with Gasteiger partial charge in [0.05, 0.1) is 16.8 Å². The lowest BCUT2D eigenvalue weighted by Gasteiger charge is -2.05. The Bertz CT molecular complexity index is 811. The first kappa shape index (κ1) is 17.5. The van der Waals surface area contributed by atoms with E-state index in [1.807, 2.05) is 24.3 Å². The summed E-state index contributed by atoms with van der Waals surface area (Å²) in [5, 5.41) is 2.98. The Morgan fingerprint density at radius 1 is 1.20 bits per heavy atom. The maximum atomic E-state index is 11.9. The lowest BCUT2D eigenvalue weighted by molar-refractivity contribution is -0.118. The highest BCUT2D eigenvalue weighted by Crippen LogP contribution is 2.13. The topological polar surface area (TPSA) is 57.8 Å². The number of para-hydroxylation sites is 2. The number of carbonyl (C=O) groups is 1. The third kappa shape index (κ3) is 5.36. The van der Waals surface area contributed by atoms with Crippen molar-refractivity contribution in [3.8, 4) is 0 Å². The van der Waals surface area contributed by atoms with Crippen molar-refractivity contribution in [3.63, 3.8) is 0 Å². The summed E-state index contributed by atoms with van der Waals surface area (Å²) in [5.74, 6) is 2.44. The standard InChI is InChI=1S/C20H23N3OS/c1-15-6-4-7-16(12-15)13-25-14-20(24)21-11-5-10-19-22-17-8-2-3-9-18(17)23-19/h2-4,6-9,12H,5,10-11,13-14H2,1H3,(H,21,24)(H,22,23). The fourth-order valence-corrected chi connectivity index (χ4v) is 3.53. The van der Waals surface area contributed by atoms with Gasteiger partial charge < -0.3 is 10.3 Å². The van der Waals surface area contributed by atoms with Crippen LogP contribution in [0.15, 0.2) is 48.5 Å². The van der Waals surface area contributed by atoms with Crippen molar-refractivity contribution in [2.45, 2.75) is 25.5 Å². The van der Waals surface area contributed by atoms with Crippen LogP contribution >= 0.6 is 11.8 Å². The normalized spacial score (nSPS) is 10.9. The molecule has 3 aromatic rings. The highest BCUT2D eigenvalue weighted by atomic mass is 32.2. The number of carbonyl (C=O) groups excluding carboxylic acids is 1. The minimum Gasteiger partial charge on any atom is -0.355 e. The monoisotopic (exact) mass is 353 g/mol. The number of hydrogen-bond acceptors (Lipinski definition) is 3. The smallest absolute Gasteiger partial charge is 0.230 e. The van der Waals surface area contributed by atoms with Gasteiger partial charge in [0.15, 0.2) is 0 Å². The molecule has 3 rings (SSSR count). The molecule has 0 saturated heterocycles. The van der Waals surface area contributed by atoms with Gasteiger partial charge in [-0.05, 0) is 31.0 Å². The molecular weight excluding hydrogens is 330 g/mol. The fraction of sp³-hybridized carbons (Fsp3) is 0.300. The van der Waals surface area contributed by atoms with Crippen LogP contribution < -0.4 is 5.32 Å². The summed E-state index contributed by atoms with van der Waals surface area (Å²) in [7, 11) is 0. The van der Waals surface area contributed by atoms with Crippen molar-refractivity contribution >= 4 is 28.7 Å². The molecular formula is C20H23N3OS. The molecule has 4 nitrogen and oxygen atoms in total. The fourth-order valence-electron chi connectivity index (χ4n) is 2.72. The van der Waals surface area contributed by atoms with Gasteiger partial charge >= 0.3 is 0 Å².